The van der Waals surface area contributed by atoms with Crippen molar-refractivity contribution in [3.63, 3.8) is 0 Å². The number of hydrogen-bond acceptors (Lipinski definition) is 5. The minimum Gasteiger partial charge on any atom is -0.497 e. The second kappa shape index (κ2) is 8.31. The van der Waals surface area contributed by atoms with Crippen LogP contribution in [-0.4, -0.2) is 41.5 Å². The first-order chi connectivity index (χ1) is 14.2. The van der Waals surface area contributed by atoms with Crippen LogP contribution in [0.25, 0.3) is 17.1 Å². The summed E-state index contributed by atoms with van der Waals surface area (Å²) >= 11 is 0. The first kappa shape index (κ1) is 18.9. The molecule has 0 N–H and O–H groups in total. The van der Waals surface area contributed by atoms with E-state index in [9.17, 15) is 4.79 Å². The van der Waals surface area contributed by atoms with Gasteiger partial charge in [-0.3, -0.25) is 9.78 Å². The lowest BCUT2D eigenvalue weighted by Crippen LogP contribution is -2.29. The Bertz CT molecular complexity index is 1060. The molecule has 0 saturated carbocycles. The lowest BCUT2D eigenvalue weighted by molar-refractivity contribution is -0.126. The molecule has 29 heavy (non-hydrogen) atoms. The van der Waals surface area contributed by atoms with Crippen LogP contribution in [0.5, 0.6) is 11.5 Å². The highest BCUT2D eigenvalue weighted by Crippen LogP contribution is 2.38. The molecule has 1 aliphatic rings. The molecule has 0 aliphatic carbocycles. The van der Waals surface area contributed by atoms with Gasteiger partial charge in [0.15, 0.2) is 0 Å². The molecule has 0 radical (unpaired) electrons. The molecule has 4 rings (SSSR count). The van der Waals surface area contributed by atoms with Crippen molar-refractivity contribution in [3.05, 3.63) is 66.0 Å². The largest absolute Gasteiger partial charge is 0.497 e. The van der Waals surface area contributed by atoms with E-state index in [-0.39, 0.29) is 11.9 Å². The van der Waals surface area contributed by atoms with E-state index in [1.807, 2.05) is 47.4 Å². The fourth-order valence-electron chi connectivity index (χ4n) is 3.75. The van der Waals surface area contributed by atoms with Gasteiger partial charge in [-0.1, -0.05) is 12.1 Å². The predicted octanol–water partition coefficient (Wildman–Crippen LogP) is 4.02. The van der Waals surface area contributed by atoms with Gasteiger partial charge in [-0.25, -0.2) is 4.98 Å². The van der Waals surface area contributed by atoms with Crippen molar-refractivity contribution in [1.82, 2.24) is 14.9 Å². The van der Waals surface area contributed by atoms with E-state index in [2.05, 4.69) is 9.97 Å². The molecule has 0 spiro atoms. The molecule has 2 aromatic carbocycles. The average Bonchev–Trinajstić information content (AvgIpc) is 3.26. The third-order valence-electron chi connectivity index (χ3n) is 5.20. The van der Waals surface area contributed by atoms with Crippen LogP contribution in [-0.2, 0) is 4.79 Å². The Labute approximate surface area is 169 Å². The maximum atomic E-state index is 12.9. The Morgan fingerprint density at radius 1 is 1.14 bits per heavy atom. The quantitative estimate of drug-likeness (QED) is 0.617. The van der Waals surface area contributed by atoms with Gasteiger partial charge in [-0.2, -0.15) is 0 Å². The van der Waals surface area contributed by atoms with Gasteiger partial charge in [-0.15, -0.1) is 0 Å². The van der Waals surface area contributed by atoms with Crippen molar-refractivity contribution in [2.24, 2.45) is 0 Å². The van der Waals surface area contributed by atoms with E-state index >= 15 is 0 Å². The van der Waals surface area contributed by atoms with E-state index < -0.39 is 0 Å². The van der Waals surface area contributed by atoms with E-state index in [0.29, 0.717) is 12.2 Å². The van der Waals surface area contributed by atoms with E-state index in [1.54, 1.807) is 32.6 Å². The zero-order chi connectivity index (χ0) is 20.2. The molecular weight excluding hydrogens is 366 g/mol. The number of nitrogens with zero attached hydrogens (tertiary/aromatic N) is 3. The first-order valence-corrected chi connectivity index (χ1v) is 9.62. The van der Waals surface area contributed by atoms with Gasteiger partial charge >= 0.3 is 0 Å². The number of para-hydroxylation sites is 2. The standard InChI is InChI=1S/C23H23N3O3/c1-28-17-10-11-18(22(14-17)29-2)21-8-5-13-26(21)23(27)12-9-16-15-24-19-6-3-4-7-20(19)25-16/h3-4,6-7,9-12,14-15,21H,5,8,13H2,1-2H3/b12-9+. The predicted molar refractivity (Wildman–Crippen MR) is 112 cm³/mol. The molecule has 1 fully saturated rings. The fraction of sp³-hybridized carbons (Fsp3) is 0.261. The van der Waals surface area contributed by atoms with Crippen molar-refractivity contribution in [1.29, 1.82) is 0 Å². The number of likely N-dealkylation sites (tertiary alicyclic amines) is 1. The van der Waals surface area contributed by atoms with Crippen molar-refractivity contribution in [2.75, 3.05) is 20.8 Å². The summed E-state index contributed by atoms with van der Waals surface area (Å²) in [5, 5.41) is 0. The van der Waals surface area contributed by atoms with Crippen molar-refractivity contribution in [2.45, 2.75) is 18.9 Å². The summed E-state index contributed by atoms with van der Waals surface area (Å²) in [5.74, 6) is 1.43. The third kappa shape index (κ3) is 3.92. The number of rotatable bonds is 5. The number of ether oxygens (including phenoxy) is 2. The third-order valence-corrected chi connectivity index (χ3v) is 5.20. The molecule has 1 saturated heterocycles. The highest BCUT2D eigenvalue weighted by molar-refractivity contribution is 5.92. The molecule has 6 nitrogen and oxygen atoms in total. The molecule has 3 aromatic rings. The number of carbonyl (C=O) groups is 1. The highest BCUT2D eigenvalue weighted by atomic mass is 16.5. The van der Waals surface area contributed by atoms with Crippen molar-refractivity contribution >= 4 is 23.0 Å². The Balaban J connectivity index is 1.55. The number of hydrogen-bond donors (Lipinski definition) is 0. The summed E-state index contributed by atoms with van der Waals surface area (Å²) < 4.78 is 10.8. The number of aromatic nitrogens is 2. The van der Waals surface area contributed by atoms with Gasteiger partial charge < -0.3 is 14.4 Å². The average molecular weight is 389 g/mol. The zero-order valence-corrected chi connectivity index (χ0v) is 16.5. The summed E-state index contributed by atoms with van der Waals surface area (Å²) in [6, 6.07) is 13.4. The smallest absolute Gasteiger partial charge is 0.247 e. The molecule has 1 amide bonds. The van der Waals surface area contributed by atoms with E-state index in [4.69, 9.17) is 9.47 Å². The Morgan fingerprint density at radius 3 is 2.76 bits per heavy atom. The first-order valence-electron chi connectivity index (χ1n) is 9.62. The lowest BCUT2D eigenvalue weighted by atomic mass is 10.0. The zero-order valence-electron chi connectivity index (χ0n) is 16.5. The Kier molecular flexibility index (Phi) is 5.42. The van der Waals surface area contributed by atoms with Crippen LogP contribution in [0.1, 0.15) is 30.1 Å². The maximum absolute atomic E-state index is 12.9. The van der Waals surface area contributed by atoms with Gasteiger partial charge in [0.25, 0.3) is 0 Å². The number of fused-ring (bicyclic) bond motifs is 1. The number of carbonyl (C=O) groups excluding carboxylic acids is 1. The van der Waals surface area contributed by atoms with Crippen LogP contribution < -0.4 is 9.47 Å². The van der Waals surface area contributed by atoms with Crippen molar-refractivity contribution in [3.8, 4) is 11.5 Å². The second-order valence-electron chi connectivity index (χ2n) is 6.91. The molecular formula is C23H23N3O3. The van der Waals surface area contributed by atoms with E-state index in [0.717, 1.165) is 40.9 Å². The van der Waals surface area contributed by atoms with Crippen LogP contribution >= 0.6 is 0 Å². The Morgan fingerprint density at radius 2 is 1.97 bits per heavy atom. The minimum absolute atomic E-state index is 0.0179. The molecule has 0 bridgehead atoms. The van der Waals surface area contributed by atoms with Gasteiger partial charge in [0.2, 0.25) is 5.91 Å². The molecule has 1 aliphatic heterocycles. The topological polar surface area (TPSA) is 64.5 Å². The number of benzene rings is 2. The van der Waals surface area contributed by atoms with Crippen LogP contribution in [0.4, 0.5) is 0 Å². The number of amides is 1. The lowest BCUT2D eigenvalue weighted by Gasteiger charge is -2.25. The maximum Gasteiger partial charge on any atom is 0.247 e. The highest BCUT2D eigenvalue weighted by Gasteiger charge is 2.31. The molecule has 2 heterocycles. The minimum atomic E-state index is -0.0414. The van der Waals surface area contributed by atoms with Crippen molar-refractivity contribution < 1.29 is 14.3 Å². The second-order valence-corrected chi connectivity index (χ2v) is 6.91. The summed E-state index contributed by atoms with van der Waals surface area (Å²) in [5.41, 5.74) is 3.30. The van der Waals surface area contributed by atoms with Gasteiger partial charge in [-0.05, 0) is 43.2 Å². The summed E-state index contributed by atoms with van der Waals surface area (Å²) in [4.78, 5) is 23.7. The van der Waals surface area contributed by atoms with Gasteiger partial charge in [0.05, 0.1) is 43.2 Å². The van der Waals surface area contributed by atoms with Crippen LogP contribution in [0, 0.1) is 0 Å². The molecule has 6 heteroatoms. The monoisotopic (exact) mass is 389 g/mol. The van der Waals surface area contributed by atoms with E-state index in [1.165, 1.54) is 0 Å². The molecule has 1 atom stereocenters. The molecule has 1 aromatic heterocycles. The normalized spacial score (nSPS) is 16.5. The summed E-state index contributed by atoms with van der Waals surface area (Å²) in [6.07, 6.45) is 6.84. The summed E-state index contributed by atoms with van der Waals surface area (Å²) in [7, 11) is 3.26. The fourth-order valence-corrected chi connectivity index (χ4v) is 3.75. The van der Waals surface area contributed by atoms with Crippen LogP contribution in [0.3, 0.4) is 0 Å². The molecule has 1 unspecified atom stereocenters. The number of methoxy groups -OCH3 is 2. The van der Waals surface area contributed by atoms with Gasteiger partial charge in [0.1, 0.15) is 11.5 Å². The van der Waals surface area contributed by atoms with Gasteiger partial charge in [0, 0.05) is 24.3 Å². The van der Waals surface area contributed by atoms with Crippen LogP contribution in [0.2, 0.25) is 0 Å². The molecule has 148 valence electrons. The summed E-state index contributed by atoms with van der Waals surface area (Å²) in [6.45, 7) is 0.715. The Hall–Kier alpha value is -3.41. The SMILES string of the molecule is COc1ccc(C2CCCN2C(=O)/C=C/c2cnc3ccccc3n2)c(OC)c1. The van der Waals surface area contributed by atoms with Crippen LogP contribution in [0.15, 0.2) is 54.7 Å².